The molecule has 0 radical (unpaired) electrons. The molecule has 0 saturated carbocycles. The standard InChI is InChI=1S/C11H15ClN2O2/c1-14(9-2-3-16-7-9)11-10(12)4-8(6-15)5-13-11/h4-5,9,15H,2-3,6-7H2,1H3. The van der Waals surface area contributed by atoms with Gasteiger partial charge in [0.15, 0.2) is 0 Å². The third-order valence-electron chi connectivity index (χ3n) is 2.85. The van der Waals surface area contributed by atoms with Crippen molar-refractivity contribution in [2.75, 3.05) is 25.2 Å². The Morgan fingerprint density at radius 1 is 1.69 bits per heavy atom. The highest BCUT2D eigenvalue weighted by atomic mass is 35.5. The number of nitrogens with zero attached hydrogens (tertiary/aromatic N) is 2. The van der Waals surface area contributed by atoms with E-state index in [2.05, 4.69) is 4.98 Å². The molecule has 1 atom stereocenters. The lowest BCUT2D eigenvalue weighted by Gasteiger charge is -2.25. The van der Waals surface area contributed by atoms with Gasteiger partial charge in [0, 0.05) is 19.9 Å². The minimum absolute atomic E-state index is 0.0384. The quantitative estimate of drug-likeness (QED) is 0.872. The summed E-state index contributed by atoms with van der Waals surface area (Å²) in [5.41, 5.74) is 0.727. The molecule has 88 valence electrons. The molecule has 0 aliphatic carbocycles. The normalized spacial score (nSPS) is 20.1. The number of rotatable bonds is 3. The van der Waals surface area contributed by atoms with E-state index < -0.39 is 0 Å². The van der Waals surface area contributed by atoms with Crippen molar-refractivity contribution < 1.29 is 9.84 Å². The average Bonchev–Trinajstić information content (AvgIpc) is 2.81. The Morgan fingerprint density at radius 2 is 2.50 bits per heavy atom. The highest BCUT2D eigenvalue weighted by molar-refractivity contribution is 6.33. The van der Waals surface area contributed by atoms with Crippen LogP contribution in [0.4, 0.5) is 5.82 Å². The molecular formula is C11H15ClN2O2. The summed E-state index contributed by atoms with van der Waals surface area (Å²) in [5.74, 6) is 0.745. The maximum atomic E-state index is 8.97. The molecule has 16 heavy (non-hydrogen) atoms. The Bertz CT molecular complexity index is 367. The largest absolute Gasteiger partial charge is 0.392 e. The van der Waals surface area contributed by atoms with Gasteiger partial charge >= 0.3 is 0 Å². The fourth-order valence-electron chi connectivity index (χ4n) is 1.82. The zero-order valence-corrected chi connectivity index (χ0v) is 9.94. The second-order valence-electron chi connectivity index (χ2n) is 3.94. The van der Waals surface area contributed by atoms with Crippen molar-refractivity contribution in [2.45, 2.75) is 19.1 Å². The van der Waals surface area contributed by atoms with E-state index in [4.69, 9.17) is 21.4 Å². The molecule has 1 aliphatic rings. The first-order valence-corrected chi connectivity index (χ1v) is 5.66. The van der Waals surface area contributed by atoms with Gasteiger partial charge in [0.05, 0.1) is 24.3 Å². The van der Waals surface area contributed by atoms with Gasteiger partial charge < -0.3 is 14.7 Å². The van der Waals surface area contributed by atoms with Crippen LogP contribution in [0.25, 0.3) is 0 Å². The van der Waals surface area contributed by atoms with Crippen molar-refractivity contribution in [1.29, 1.82) is 0 Å². The lowest BCUT2D eigenvalue weighted by Crippen LogP contribution is -2.32. The molecule has 0 aromatic carbocycles. The minimum atomic E-state index is -0.0384. The average molecular weight is 243 g/mol. The summed E-state index contributed by atoms with van der Waals surface area (Å²) in [4.78, 5) is 6.31. The van der Waals surface area contributed by atoms with E-state index in [0.29, 0.717) is 11.1 Å². The van der Waals surface area contributed by atoms with Crippen LogP contribution in [0.1, 0.15) is 12.0 Å². The van der Waals surface area contributed by atoms with Crippen molar-refractivity contribution in [3.05, 3.63) is 22.8 Å². The highest BCUT2D eigenvalue weighted by Crippen LogP contribution is 2.26. The fraction of sp³-hybridized carbons (Fsp3) is 0.545. The molecule has 1 aromatic heterocycles. The fourth-order valence-corrected chi connectivity index (χ4v) is 2.14. The highest BCUT2D eigenvalue weighted by Gasteiger charge is 2.22. The summed E-state index contributed by atoms with van der Waals surface area (Å²) in [5, 5.41) is 9.54. The number of halogens is 1. The Balaban J connectivity index is 2.19. The molecule has 0 bridgehead atoms. The van der Waals surface area contributed by atoms with Crippen LogP contribution < -0.4 is 4.90 Å². The van der Waals surface area contributed by atoms with Crippen LogP contribution in [0, 0.1) is 0 Å². The SMILES string of the molecule is CN(c1ncc(CO)cc1Cl)C1CCOC1. The topological polar surface area (TPSA) is 45.6 Å². The van der Waals surface area contributed by atoms with Gasteiger partial charge in [0.2, 0.25) is 0 Å². The molecule has 4 nitrogen and oxygen atoms in total. The van der Waals surface area contributed by atoms with Gasteiger partial charge in [-0.05, 0) is 18.1 Å². The number of aliphatic hydroxyl groups is 1. The monoisotopic (exact) mass is 242 g/mol. The zero-order chi connectivity index (χ0) is 11.5. The number of likely N-dealkylation sites (N-methyl/N-ethyl adjacent to an activating group) is 1. The Labute approximate surface area is 99.8 Å². The van der Waals surface area contributed by atoms with Crippen molar-refractivity contribution in [2.24, 2.45) is 0 Å². The van der Waals surface area contributed by atoms with E-state index in [1.165, 1.54) is 0 Å². The summed E-state index contributed by atoms with van der Waals surface area (Å²) >= 11 is 6.13. The number of pyridine rings is 1. The molecule has 1 N–H and O–H groups in total. The smallest absolute Gasteiger partial charge is 0.147 e. The first kappa shape index (κ1) is 11.6. The van der Waals surface area contributed by atoms with Crippen LogP contribution in [0.3, 0.4) is 0 Å². The second-order valence-corrected chi connectivity index (χ2v) is 4.34. The van der Waals surface area contributed by atoms with Crippen molar-refractivity contribution in [3.8, 4) is 0 Å². The molecule has 0 spiro atoms. The van der Waals surface area contributed by atoms with Crippen LogP contribution in [-0.4, -0.2) is 36.4 Å². The zero-order valence-electron chi connectivity index (χ0n) is 9.19. The molecule has 1 aromatic rings. The Hall–Kier alpha value is -0.840. The third kappa shape index (κ3) is 2.29. The first-order valence-electron chi connectivity index (χ1n) is 5.28. The van der Waals surface area contributed by atoms with Crippen LogP contribution in [0.5, 0.6) is 0 Å². The van der Waals surface area contributed by atoms with Crippen molar-refractivity contribution >= 4 is 17.4 Å². The third-order valence-corrected chi connectivity index (χ3v) is 3.13. The van der Waals surface area contributed by atoms with Gasteiger partial charge in [-0.2, -0.15) is 0 Å². The lowest BCUT2D eigenvalue weighted by atomic mass is 10.2. The van der Waals surface area contributed by atoms with Gasteiger partial charge in [0.25, 0.3) is 0 Å². The number of anilines is 1. The van der Waals surface area contributed by atoms with Crippen molar-refractivity contribution in [3.63, 3.8) is 0 Å². The van der Waals surface area contributed by atoms with Gasteiger partial charge in [-0.3, -0.25) is 0 Å². The van der Waals surface area contributed by atoms with Crippen LogP contribution in [0.2, 0.25) is 5.02 Å². The predicted octanol–water partition coefficient (Wildman–Crippen LogP) is 1.45. The molecule has 2 rings (SSSR count). The number of ether oxygens (including phenoxy) is 1. The Kier molecular flexibility index (Phi) is 3.63. The molecule has 1 unspecified atom stereocenters. The van der Waals surface area contributed by atoms with E-state index in [1.54, 1.807) is 12.3 Å². The molecule has 1 fully saturated rings. The van der Waals surface area contributed by atoms with Crippen molar-refractivity contribution in [1.82, 2.24) is 4.98 Å². The van der Waals surface area contributed by atoms with Crippen LogP contribution >= 0.6 is 11.6 Å². The number of aliphatic hydroxyl groups excluding tert-OH is 1. The van der Waals surface area contributed by atoms with E-state index in [-0.39, 0.29) is 6.61 Å². The van der Waals surface area contributed by atoms with Crippen LogP contribution in [-0.2, 0) is 11.3 Å². The molecule has 2 heterocycles. The molecule has 5 heteroatoms. The van der Waals surface area contributed by atoms with Gasteiger partial charge in [-0.15, -0.1) is 0 Å². The molecule has 0 amide bonds. The second kappa shape index (κ2) is 4.99. The lowest BCUT2D eigenvalue weighted by molar-refractivity contribution is 0.193. The first-order chi connectivity index (χ1) is 7.72. The molecule has 1 saturated heterocycles. The Morgan fingerprint density at radius 3 is 3.06 bits per heavy atom. The molecular weight excluding hydrogens is 228 g/mol. The summed E-state index contributed by atoms with van der Waals surface area (Å²) in [7, 11) is 1.96. The van der Waals surface area contributed by atoms with E-state index in [1.807, 2.05) is 11.9 Å². The van der Waals surface area contributed by atoms with Gasteiger partial charge in [-0.1, -0.05) is 11.6 Å². The summed E-state index contributed by atoms with van der Waals surface area (Å²) in [6.07, 6.45) is 2.64. The number of hydrogen-bond acceptors (Lipinski definition) is 4. The summed E-state index contributed by atoms with van der Waals surface area (Å²) in [6, 6.07) is 2.08. The number of hydrogen-bond donors (Lipinski definition) is 1. The van der Waals surface area contributed by atoms with Gasteiger partial charge in [-0.25, -0.2) is 4.98 Å². The van der Waals surface area contributed by atoms with E-state index >= 15 is 0 Å². The number of aromatic nitrogens is 1. The maximum absolute atomic E-state index is 8.97. The van der Waals surface area contributed by atoms with Crippen LogP contribution in [0.15, 0.2) is 12.3 Å². The molecule has 1 aliphatic heterocycles. The van der Waals surface area contributed by atoms with E-state index in [9.17, 15) is 0 Å². The minimum Gasteiger partial charge on any atom is -0.392 e. The summed E-state index contributed by atoms with van der Waals surface area (Å²) < 4.78 is 5.33. The summed E-state index contributed by atoms with van der Waals surface area (Å²) in [6.45, 7) is 1.47. The van der Waals surface area contributed by atoms with Gasteiger partial charge in [0.1, 0.15) is 5.82 Å². The predicted molar refractivity (Wildman–Crippen MR) is 62.8 cm³/mol. The maximum Gasteiger partial charge on any atom is 0.147 e. The van der Waals surface area contributed by atoms with E-state index in [0.717, 1.165) is 31.0 Å².